The lowest BCUT2D eigenvalue weighted by molar-refractivity contribution is -0.141. The molecule has 3 atom stereocenters. The number of carboxylic acids is 1. The molecule has 3 unspecified atom stereocenters. The molecule has 2 amide bonds. The third-order valence-electron chi connectivity index (χ3n) is 3.48. The van der Waals surface area contributed by atoms with Crippen molar-refractivity contribution in [2.75, 3.05) is 26.5 Å². The van der Waals surface area contributed by atoms with Gasteiger partial charge in [0.15, 0.2) is 0 Å². The molecule has 1 aliphatic heterocycles. The van der Waals surface area contributed by atoms with E-state index in [-0.39, 0.29) is 23.4 Å². The molecule has 0 saturated carbocycles. The highest BCUT2D eigenvalue weighted by molar-refractivity contribution is 8.00. The van der Waals surface area contributed by atoms with Crippen molar-refractivity contribution in [3.63, 3.8) is 0 Å². The van der Waals surface area contributed by atoms with Crippen LogP contribution in [0.3, 0.4) is 0 Å². The summed E-state index contributed by atoms with van der Waals surface area (Å²) in [4.78, 5) is 27.0. The molecular formula is C13H24N2O4S. The molecule has 7 heteroatoms. The predicted molar refractivity (Wildman–Crippen MR) is 78.8 cm³/mol. The quantitative estimate of drug-likeness (QED) is 0.834. The summed E-state index contributed by atoms with van der Waals surface area (Å²) in [6, 6.07) is -1.09. The van der Waals surface area contributed by atoms with E-state index < -0.39 is 12.0 Å². The summed E-state index contributed by atoms with van der Waals surface area (Å²) in [6.45, 7) is 6.31. The number of carbonyl (C=O) groups is 2. The largest absolute Gasteiger partial charge is 0.480 e. The van der Waals surface area contributed by atoms with Gasteiger partial charge in [-0.1, -0.05) is 13.8 Å². The minimum atomic E-state index is -0.943. The van der Waals surface area contributed by atoms with Crippen LogP contribution in [0.5, 0.6) is 0 Å². The molecule has 0 radical (unpaired) electrons. The molecule has 1 N–H and O–H groups in total. The summed E-state index contributed by atoms with van der Waals surface area (Å²) >= 11 is 1.53. The minimum absolute atomic E-state index is 0.0965. The van der Waals surface area contributed by atoms with Crippen molar-refractivity contribution in [1.29, 1.82) is 0 Å². The highest BCUT2D eigenvalue weighted by Gasteiger charge is 2.44. The second kappa shape index (κ2) is 7.17. The molecule has 6 nitrogen and oxygen atoms in total. The summed E-state index contributed by atoms with van der Waals surface area (Å²) in [6.07, 6.45) is 0. The Kier molecular flexibility index (Phi) is 6.13. The molecule has 0 spiro atoms. The Morgan fingerprint density at radius 3 is 2.50 bits per heavy atom. The second-order valence-corrected chi connectivity index (χ2v) is 6.58. The number of likely N-dealkylation sites (N-methyl/N-ethyl adjacent to an activating group) is 1. The molecule has 20 heavy (non-hydrogen) atoms. The number of amides is 2. The van der Waals surface area contributed by atoms with E-state index in [0.717, 1.165) is 0 Å². The fraction of sp³-hybridized carbons (Fsp3) is 0.846. The molecule has 1 fully saturated rings. The fourth-order valence-corrected chi connectivity index (χ4v) is 3.66. The normalized spacial score (nSPS) is 24.0. The first-order valence-electron chi connectivity index (χ1n) is 6.69. The van der Waals surface area contributed by atoms with Crippen molar-refractivity contribution in [2.24, 2.45) is 5.92 Å². The Morgan fingerprint density at radius 2 is 2.05 bits per heavy atom. The molecule has 0 aromatic heterocycles. The highest BCUT2D eigenvalue weighted by atomic mass is 32.2. The summed E-state index contributed by atoms with van der Waals surface area (Å²) in [7, 11) is 3.27. The Balaban J connectivity index is 2.91. The molecule has 1 heterocycles. The topological polar surface area (TPSA) is 70.1 Å². The molecule has 0 aliphatic carbocycles. The van der Waals surface area contributed by atoms with Crippen molar-refractivity contribution >= 4 is 23.8 Å². The summed E-state index contributed by atoms with van der Waals surface area (Å²) in [5.74, 6) is -0.294. The SMILES string of the molecule is COCC(C)N(C)C(=O)N1C(C(=O)O)CSC1C(C)C. The zero-order valence-corrected chi connectivity index (χ0v) is 13.5. The molecule has 0 aromatic carbocycles. The van der Waals surface area contributed by atoms with Gasteiger partial charge in [0.05, 0.1) is 18.0 Å². The van der Waals surface area contributed by atoms with Gasteiger partial charge in [-0.15, -0.1) is 11.8 Å². The van der Waals surface area contributed by atoms with E-state index in [9.17, 15) is 14.7 Å². The lowest BCUT2D eigenvalue weighted by Crippen LogP contribution is -2.54. The van der Waals surface area contributed by atoms with E-state index in [0.29, 0.717) is 12.4 Å². The minimum Gasteiger partial charge on any atom is -0.480 e. The lowest BCUT2D eigenvalue weighted by atomic mass is 10.1. The summed E-state index contributed by atoms with van der Waals surface area (Å²) in [5, 5.41) is 9.21. The van der Waals surface area contributed by atoms with Crippen molar-refractivity contribution in [3.8, 4) is 0 Å². The van der Waals surface area contributed by atoms with Gasteiger partial charge in [-0.2, -0.15) is 0 Å². The van der Waals surface area contributed by atoms with Gasteiger partial charge in [0.25, 0.3) is 0 Å². The van der Waals surface area contributed by atoms with E-state index in [1.54, 1.807) is 19.1 Å². The number of carboxylic acid groups (broad SMARTS) is 1. The Bertz CT molecular complexity index is 364. The van der Waals surface area contributed by atoms with Gasteiger partial charge < -0.3 is 14.7 Å². The van der Waals surface area contributed by atoms with Gasteiger partial charge in [-0.3, -0.25) is 4.90 Å². The van der Waals surface area contributed by atoms with E-state index in [1.807, 2.05) is 20.8 Å². The van der Waals surface area contributed by atoms with Crippen LogP contribution in [0.15, 0.2) is 0 Å². The maximum absolute atomic E-state index is 12.6. The van der Waals surface area contributed by atoms with Gasteiger partial charge in [0, 0.05) is 19.9 Å². The van der Waals surface area contributed by atoms with Crippen LogP contribution in [0, 0.1) is 5.92 Å². The molecule has 0 bridgehead atoms. The van der Waals surface area contributed by atoms with Crippen LogP contribution < -0.4 is 0 Å². The Hall–Kier alpha value is -0.950. The zero-order chi connectivity index (χ0) is 15.4. The number of ether oxygens (including phenoxy) is 1. The number of carbonyl (C=O) groups excluding carboxylic acids is 1. The van der Waals surface area contributed by atoms with Crippen LogP contribution in [0.4, 0.5) is 4.79 Å². The van der Waals surface area contributed by atoms with Crippen LogP contribution in [0.1, 0.15) is 20.8 Å². The van der Waals surface area contributed by atoms with E-state index >= 15 is 0 Å². The number of hydrogen-bond acceptors (Lipinski definition) is 4. The molecule has 116 valence electrons. The van der Waals surface area contributed by atoms with Crippen LogP contribution in [-0.4, -0.2) is 70.9 Å². The lowest BCUT2D eigenvalue weighted by Gasteiger charge is -2.35. The monoisotopic (exact) mass is 304 g/mol. The van der Waals surface area contributed by atoms with Gasteiger partial charge in [-0.05, 0) is 12.8 Å². The van der Waals surface area contributed by atoms with Gasteiger partial charge in [0.1, 0.15) is 6.04 Å². The van der Waals surface area contributed by atoms with Crippen molar-refractivity contribution in [1.82, 2.24) is 9.80 Å². The summed E-state index contributed by atoms with van der Waals surface area (Å²) < 4.78 is 5.05. The summed E-state index contributed by atoms with van der Waals surface area (Å²) in [5.41, 5.74) is 0. The molecule has 1 saturated heterocycles. The zero-order valence-electron chi connectivity index (χ0n) is 12.7. The number of rotatable bonds is 5. The average Bonchev–Trinajstić information content (AvgIpc) is 2.82. The first-order chi connectivity index (χ1) is 9.31. The number of methoxy groups -OCH3 is 1. The first kappa shape index (κ1) is 17.1. The maximum atomic E-state index is 12.6. The van der Waals surface area contributed by atoms with Crippen LogP contribution in [0.2, 0.25) is 0 Å². The average molecular weight is 304 g/mol. The van der Waals surface area contributed by atoms with Crippen LogP contribution in [-0.2, 0) is 9.53 Å². The molecule has 1 rings (SSSR count). The van der Waals surface area contributed by atoms with Crippen LogP contribution in [0.25, 0.3) is 0 Å². The van der Waals surface area contributed by atoms with E-state index in [2.05, 4.69) is 0 Å². The number of urea groups is 1. The van der Waals surface area contributed by atoms with Crippen molar-refractivity contribution < 1.29 is 19.4 Å². The molecule has 0 aromatic rings. The third kappa shape index (κ3) is 3.58. The molecule has 1 aliphatic rings. The van der Waals surface area contributed by atoms with E-state index in [4.69, 9.17) is 4.74 Å². The second-order valence-electron chi connectivity index (χ2n) is 5.43. The first-order valence-corrected chi connectivity index (χ1v) is 7.74. The molecular weight excluding hydrogens is 280 g/mol. The van der Waals surface area contributed by atoms with Gasteiger partial charge in [0.2, 0.25) is 0 Å². The van der Waals surface area contributed by atoms with Gasteiger partial charge >= 0.3 is 12.0 Å². The number of thioether (sulfide) groups is 1. The highest BCUT2D eigenvalue weighted by Crippen LogP contribution is 2.34. The number of nitrogens with zero attached hydrogens (tertiary/aromatic N) is 2. The van der Waals surface area contributed by atoms with Crippen LogP contribution >= 0.6 is 11.8 Å². The predicted octanol–water partition coefficient (Wildman–Crippen LogP) is 1.56. The fourth-order valence-electron chi connectivity index (χ4n) is 2.20. The van der Waals surface area contributed by atoms with Crippen molar-refractivity contribution in [3.05, 3.63) is 0 Å². The van der Waals surface area contributed by atoms with E-state index in [1.165, 1.54) is 16.7 Å². The standard InChI is InChI=1S/C13H24N2O4S/c1-8(2)11-15(10(7-20-11)12(16)17)13(18)14(4)9(3)6-19-5/h8-11H,6-7H2,1-5H3,(H,16,17). The maximum Gasteiger partial charge on any atom is 0.327 e. The Labute approximate surface area is 124 Å². The van der Waals surface area contributed by atoms with Gasteiger partial charge in [-0.25, -0.2) is 9.59 Å². The number of hydrogen-bond donors (Lipinski definition) is 1. The smallest absolute Gasteiger partial charge is 0.327 e. The Morgan fingerprint density at radius 1 is 1.45 bits per heavy atom. The van der Waals surface area contributed by atoms with Crippen molar-refractivity contribution in [2.45, 2.75) is 38.2 Å². The number of aliphatic carboxylic acids is 1. The third-order valence-corrected chi connectivity index (χ3v) is 5.10.